The van der Waals surface area contributed by atoms with E-state index in [-0.39, 0.29) is 12.1 Å². The summed E-state index contributed by atoms with van der Waals surface area (Å²) in [5.41, 5.74) is 5.85. The molecule has 1 aliphatic rings. The summed E-state index contributed by atoms with van der Waals surface area (Å²) in [5, 5.41) is 9.62. The maximum Gasteiger partial charge on any atom is 0.0716 e. The summed E-state index contributed by atoms with van der Waals surface area (Å²) in [6, 6.07) is 0.00106. The second-order valence-corrected chi connectivity index (χ2v) is 4.61. The quantitative estimate of drug-likeness (QED) is 0.626. The molecule has 1 fully saturated rings. The molecule has 0 spiro atoms. The summed E-state index contributed by atoms with van der Waals surface area (Å²) in [4.78, 5) is 0. The van der Waals surface area contributed by atoms with Crippen molar-refractivity contribution in [2.24, 2.45) is 23.5 Å². The number of nitrogens with two attached hydrogens (primary N) is 1. The first-order chi connectivity index (χ1) is 5.52. The molecule has 1 rings (SSSR count). The monoisotopic (exact) mass is 171 g/mol. The molecular formula is C10H21NO. The van der Waals surface area contributed by atoms with Gasteiger partial charge in [0.05, 0.1) is 6.10 Å². The number of rotatable bonds is 1. The Hall–Kier alpha value is -0.0800. The summed E-state index contributed by atoms with van der Waals surface area (Å²) in [6.45, 7) is 6.57. The summed E-state index contributed by atoms with van der Waals surface area (Å²) in [7, 11) is 0. The molecule has 12 heavy (non-hydrogen) atoms. The zero-order valence-corrected chi connectivity index (χ0v) is 8.33. The van der Waals surface area contributed by atoms with Gasteiger partial charge in [0, 0.05) is 6.04 Å². The van der Waals surface area contributed by atoms with E-state index in [1.54, 1.807) is 0 Å². The van der Waals surface area contributed by atoms with Crippen LogP contribution < -0.4 is 5.73 Å². The first kappa shape index (κ1) is 10.0. The molecule has 4 atom stereocenters. The highest BCUT2D eigenvalue weighted by Gasteiger charge is 2.33. The predicted molar refractivity (Wildman–Crippen MR) is 50.7 cm³/mol. The third kappa shape index (κ3) is 1.99. The van der Waals surface area contributed by atoms with Gasteiger partial charge in [-0.3, -0.25) is 0 Å². The van der Waals surface area contributed by atoms with Gasteiger partial charge in [-0.25, -0.2) is 0 Å². The molecule has 0 amide bonds. The fourth-order valence-corrected chi connectivity index (χ4v) is 2.17. The topological polar surface area (TPSA) is 46.2 Å². The van der Waals surface area contributed by atoms with Gasteiger partial charge in [0.2, 0.25) is 0 Å². The Kier molecular flexibility index (Phi) is 3.13. The molecule has 0 heterocycles. The van der Waals surface area contributed by atoms with Crippen molar-refractivity contribution in [2.75, 3.05) is 0 Å². The first-order valence-corrected chi connectivity index (χ1v) is 4.96. The SMILES string of the molecule is CC(C)[C@H]1C[C@@H](N)[C@H](O)[C@@H](C)C1. The lowest BCUT2D eigenvalue weighted by molar-refractivity contribution is 0.0281. The van der Waals surface area contributed by atoms with E-state index in [1.807, 2.05) is 0 Å². The molecule has 0 saturated heterocycles. The Labute approximate surface area is 75.2 Å². The second-order valence-electron chi connectivity index (χ2n) is 4.61. The Bertz CT molecular complexity index is 135. The summed E-state index contributed by atoms with van der Waals surface area (Å²) >= 11 is 0. The Morgan fingerprint density at radius 2 is 1.92 bits per heavy atom. The van der Waals surface area contributed by atoms with Crippen LogP contribution in [0.4, 0.5) is 0 Å². The lowest BCUT2D eigenvalue weighted by atomic mass is 9.73. The second kappa shape index (κ2) is 3.75. The number of hydrogen-bond acceptors (Lipinski definition) is 2. The van der Waals surface area contributed by atoms with E-state index in [2.05, 4.69) is 20.8 Å². The van der Waals surface area contributed by atoms with Crippen LogP contribution in [-0.4, -0.2) is 17.3 Å². The highest BCUT2D eigenvalue weighted by molar-refractivity contribution is 4.87. The molecule has 0 aromatic carbocycles. The van der Waals surface area contributed by atoms with E-state index in [1.165, 1.54) is 0 Å². The standard InChI is InChI=1S/C10H21NO/c1-6(2)8-4-7(3)10(12)9(11)5-8/h6-10,12H,4-5,11H2,1-3H3/t7-,8+,9+,10+/m0/s1. The van der Waals surface area contributed by atoms with Crippen molar-refractivity contribution in [2.45, 2.75) is 45.8 Å². The maximum atomic E-state index is 9.62. The van der Waals surface area contributed by atoms with E-state index < -0.39 is 0 Å². The van der Waals surface area contributed by atoms with Crippen LogP contribution in [0.2, 0.25) is 0 Å². The highest BCUT2D eigenvalue weighted by atomic mass is 16.3. The summed E-state index contributed by atoms with van der Waals surface area (Å²) < 4.78 is 0. The maximum absolute atomic E-state index is 9.62. The lowest BCUT2D eigenvalue weighted by Gasteiger charge is -2.37. The highest BCUT2D eigenvalue weighted by Crippen LogP contribution is 2.32. The van der Waals surface area contributed by atoms with Gasteiger partial charge in [-0.2, -0.15) is 0 Å². The zero-order valence-electron chi connectivity index (χ0n) is 8.33. The minimum absolute atomic E-state index is 0.00106. The van der Waals surface area contributed by atoms with Crippen molar-refractivity contribution in [3.8, 4) is 0 Å². The van der Waals surface area contributed by atoms with Crippen LogP contribution in [0.1, 0.15) is 33.6 Å². The lowest BCUT2D eigenvalue weighted by Crippen LogP contribution is -2.46. The molecule has 2 heteroatoms. The molecule has 3 N–H and O–H groups in total. The minimum Gasteiger partial charge on any atom is -0.391 e. The number of aliphatic hydroxyl groups excluding tert-OH is 1. The predicted octanol–water partition coefficient (Wildman–Crippen LogP) is 1.38. The third-order valence-electron chi connectivity index (χ3n) is 3.21. The molecular weight excluding hydrogens is 150 g/mol. The number of hydrogen-bond donors (Lipinski definition) is 2. The molecule has 2 nitrogen and oxygen atoms in total. The average molecular weight is 171 g/mol. The zero-order chi connectivity index (χ0) is 9.30. The van der Waals surface area contributed by atoms with Crippen LogP contribution in [0.15, 0.2) is 0 Å². The van der Waals surface area contributed by atoms with Gasteiger partial charge < -0.3 is 10.8 Å². The van der Waals surface area contributed by atoms with Crippen LogP contribution in [0.5, 0.6) is 0 Å². The molecule has 0 aromatic heterocycles. The third-order valence-corrected chi connectivity index (χ3v) is 3.21. The van der Waals surface area contributed by atoms with E-state index in [9.17, 15) is 5.11 Å². The summed E-state index contributed by atoms with van der Waals surface area (Å²) in [6.07, 6.45) is 1.84. The first-order valence-electron chi connectivity index (χ1n) is 4.96. The van der Waals surface area contributed by atoms with E-state index >= 15 is 0 Å². The van der Waals surface area contributed by atoms with Crippen LogP contribution in [0.25, 0.3) is 0 Å². The van der Waals surface area contributed by atoms with Crippen molar-refractivity contribution >= 4 is 0 Å². The van der Waals surface area contributed by atoms with Crippen LogP contribution >= 0.6 is 0 Å². The van der Waals surface area contributed by atoms with E-state index in [4.69, 9.17) is 5.73 Å². The molecule has 1 aliphatic carbocycles. The van der Waals surface area contributed by atoms with E-state index in [0.717, 1.165) is 12.8 Å². The van der Waals surface area contributed by atoms with Crippen LogP contribution in [-0.2, 0) is 0 Å². The largest absolute Gasteiger partial charge is 0.391 e. The van der Waals surface area contributed by atoms with Crippen LogP contribution in [0, 0.1) is 17.8 Å². The Morgan fingerprint density at radius 1 is 1.33 bits per heavy atom. The fraction of sp³-hybridized carbons (Fsp3) is 1.00. The van der Waals surface area contributed by atoms with Crippen LogP contribution in [0.3, 0.4) is 0 Å². The van der Waals surface area contributed by atoms with Gasteiger partial charge in [0.1, 0.15) is 0 Å². The Balaban J connectivity index is 2.53. The summed E-state index contributed by atoms with van der Waals surface area (Å²) in [5.74, 6) is 1.78. The van der Waals surface area contributed by atoms with Gasteiger partial charge in [-0.15, -0.1) is 0 Å². The molecule has 0 unspecified atom stereocenters. The van der Waals surface area contributed by atoms with Crippen molar-refractivity contribution in [3.05, 3.63) is 0 Å². The van der Waals surface area contributed by atoms with Crippen molar-refractivity contribution in [3.63, 3.8) is 0 Å². The number of aliphatic hydroxyl groups is 1. The Morgan fingerprint density at radius 3 is 2.33 bits per heavy atom. The van der Waals surface area contributed by atoms with Gasteiger partial charge in [-0.1, -0.05) is 20.8 Å². The van der Waals surface area contributed by atoms with Gasteiger partial charge in [0.25, 0.3) is 0 Å². The van der Waals surface area contributed by atoms with Crippen molar-refractivity contribution in [1.82, 2.24) is 0 Å². The van der Waals surface area contributed by atoms with Crippen molar-refractivity contribution in [1.29, 1.82) is 0 Å². The van der Waals surface area contributed by atoms with Crippen molar-refractivity contribution < 1.29 is 5.11 Å². The normalized spacial score (nSPS) is 43.5. The van der Waals surface area contributed by atoms with Gasteiger partial charge in [0.15, 0.2) is 0 Å². The smallest absolute Gasteiger partial charge is 0.0716 e. The van der Waals surface area contributed by atoms with Gasteiger partial charge in [-0.05, 0) is 30.6 Å². The molecule has 1 saturated carbocycles. The average Bonchev–Trinajstić information content (AvgIpc) is 1.99. The molecule has 0 aromatic rings. The molecule has 0 bridgehead atoms. The van der Waals surface area contributed by atoms with E-state index in [0.29, 0.717) is 17.8 Å². The molecule has 0 aliphatic heterocycles. The van der Waals surface area contributed by atoms with Gasteiger partial charge >= 0.3 is 0 Å². The molecule has 0 radical (unpaired) electrons. The fourth-order valence-electron chi connectivity index (χ4n) is 2.17. The minimum atomic E-state index is -0.278. The molecule has 72 valence electrons.